The normalized spacial score (nSPS) is 20.4. The van der Waals surface area contributed by atoms with Gasteiger partial charge < -0.3 is 15.1 Å². The van der Waals surface area contributed by atoms with Gasteiger partial charge in [-0.25, -0.2) is 9.50 Å². The Morgan fingerprint density at radius 3 is 3.14 bits per heavy atom. The molecule has 0 saturated carbocycles. The van der Waals surface area contributed by atoms with Crippen molar-refractivity contribution in [2.75, 3.05) is 33.7 Å². The Morgan fingerprint density at radius 1 is 1.41 bits per heavy atom. The largest absolute Gasteiger partial charge is 0.352 e. The van der Waals surface area contributed by atoms with Crippen LogP contribution in [0.4, 0.5) is 0 Å². The van der Waals surface area contributed by atoms with Crippen LogP contribution in [0.25, 0.3) is 5.65 Å². The van der Waals surface area contributed by atoms with Gasteiger partial charge in [0.05, 0.1) is 6.20 Å². The van der Waals surface area contributed by atoms with Gasteiger partial charge in [-0.15, -0.1) is 0 Å². The van der Waals surface area contributed by atoms with Crippen LogP contribution in [0, 0.1) is 0 Å². The minimum atomic E-state index is 0.0717. The van der Waals surface area contributed by atoms with Gasteiger partial charge in [0.15, 0.2) is 5.65 Å². The smallest absolute Gasteiger partial charge is 0.221 e. The average Bonchev–Trinajstić information content (AvgIpc) is 2.92. The van der Waals surface area contributed by atoms with Gasteiger partial charge in [0.1, 0.15) is 0 Å². The summed E-state index contributed by atoms with van der Waals surface area (Å²) in [7, 11) is 4.18. The maximum atomic E-state index is 12.2. The third kappa shape index (κ3) is 3.26. The van der Waals surface area contributed by atoms with E-state index in [1.165, 1.54) is 0 Å². The van der Waals surface area contributed by atoms with Crippen molar-refractivity contribution in [3.63, 3.8) is 0 Å². The first-order valence-electron chi connectivity index (χ1n) is 7.56. The highest BCUT2D eigenvalue weighted by Crippen LogP contribution is 2.10. The minimum Gasteiger partial charge on any atom is -0.352 e. The lowest BCUT2D eigenvalue weighted by Gasteiger charge is -2.37. The van der Waals surface area contributed by atoms with E-state index in [2.05, 4.69) is 39.3 Å². The first kappa shape index (κ1) is 14.9. The van der Waals surface area contributed by atoms with Crippen LogP contribution in [0.5, 0.6) is 0 Å². The van der Waals surface area contributed by atoms with Crippen molar-refractivity contribution in [2.24, 2.45) is 0 Å². The standard InChI is InChI=1S/C15H22N6O/c1-19-6-7-20(2)13(11-19)8-14(22)17-9-12-10-18-21-5-3-4-16-15(12)21/h3-5,10,13H,6-9,11H2,1-2H3,(H,17,22). The predicted octanol–water partition coefficient (Wildman–Crippen LogP) is -0.0186. The lowest BCUT2D eigenvalue weighted by Crippen LogP contribution is -2.51. The van der Waals surface area contributed by atoms with Gasteiger partial charge in [0.2, 0.25) is 5.91 Å². The highest BCUT2D eigenvalue weighted by Gasteiger charge is 2.24. The summed E-state index contributed by atoms with van der Waals surface area (Å²) in [5.74, 6) is 0.0717. The third-order valence-electron chi connectivity index (χ3n) is 4.23. The van der Waals surface area contributed by atoms with Crippen LogP contribution in [0.1, 0.15) is 12.0 Å². The first-order chi connectivity index (χ1) is 10.6. The van der Waals surface area contributed by atoms with Crippen LogP contribution >= 0.6 is 0 Å². The molecule has 3 rings (SSSR count). The van der Waals surface area contributed by atoms with E-state index in [9.17, 15) is 4.79 Å². The van der Waals surface area contributed by atoms with E-state index < -0.39 is 0 Å². The number of nitrogens with zero attached hydrogens (tertiary/aromatic N) is 5. The van der Waals surface area contributed by atoms with E-state index in [0.29, 0.717) is 13.0 Å². The molecule has 0 radical (unpaired) electrons. The summed E-state index contributed by atoms with van der Waals surface area (Å²) in [4.78, 5) is 21.0. The molecule has 1 fully saturated rings. The van der Waals surface area contributed by atoms with E-state index >= 15 is 0 Å². The number of carbonyl (C=O) groups is 1. The maximum absolute atomic E-state index is 12.2. The molecule has 1 amide bonds. The minimum absolute atomic E-state index is 0.0717. The van der Waals surface area contributed by atoms with Crippen LogP contribution in [-0.2, 0) is 11.3 Å². The molecule has 22 heavy (non-hydrogen) atoms. The van der Waals surface area contributed by atoms with Gasteiger partial charge in [0.25, 0.3) is 0 Å². The third-order valence-corrected chi connectivity index (χ3v) is 4.23. The highest BCUT2D eigenvalue weighted by atomic mass is 16.1. The van der Waals surface area contributed by atoms with Crippen LogP contribution in [0.15, 0.2) is 24.7 Å². The zero-order chi connectivity index (χ0) is 15.5. The number of nitrogens with one attached hydrogen (secondary N) is 1. The fourth-order valence-corrected chi connectivity index (χ4v) is 2.80. The fraction of sp³-hybridized carbons (Fsp3) is 0.533. The van der Waals surface area contributed by atoms with E-state index in [-0.39, 0.29) is 11.9 Å². The van der Waals surface area contributed by atoms with Crippen molar-refractivity contribution in [3.8, 4) is 0 Å². The Kier molecular flexibility index (Phi) is 4.35. The Bertz CT molecular complexity index is 654. The Balaban J connectivity index is 1.56. The molecule has 7 heteroatoms. The Hall–Kier alpha value is -1.99. The van der Waals surface area contributed by atoms with Crippen molar-refractivity contribution in [3.05, 3.63) is 30.2 Å². The summed E-state index contributed by atoms with van der Waals surface area (Å²) in [6, 6.07) is 2.11. The predicted molar refractivity (Wildman–Crippen MR) is 83.4 cm³/mol. The number of fused-ring (bicyclic) bond motifs is 1. The van der Waals surface area contributed by atoms with Crippen molar-refractivity contribution in [1.29, 1.82) is 0 Å². The summed E-state index contributed by atoms with van der Waals surface area (Å²) >= 11 is 0. The van der Waals surface area contributed by atoms with Crippen LogP contribution in [-0.4, -0.2) is 70.1 Å². The molecule has 118 valence electrons. The summed E-state index contributed by atoms with van der Waals surface area (Å²) in [6.07, 6.45) is 5.85. The number of aromatic nitrogens is 3. The average molecular weight is 302 g/mol. The van der Waals surface area contributed by atoms with Gasteiger partial charge in [-0.3, -0.25) is 4.79 Å². The SMILES string of the molecule is CN1CCN(C)C(CC(=O)NCc2cnn3cccnc23)C1. The molecule has 2 aromatic heterocycles. The van der Waals surface area contributed by atoms with Crippen LogP contribution in [0.3, 0.4) is 0 Å². The van der Waals surface area contributed by atoms with Crippen molar-refractivity contribution in [2.45, 2.75) is 19.0 Å². The van der Waals surface area contributed by atoms with Gasteiger partial charge in [0, 0.05) is 56.6 Å². The zero-order valence-electron chi connectivity index (χ0n) is 13.1. The molecule has 0 spiro atoms. The van der Waals surface area contributed by atoms with E-state index in [4.69, 9.17) is 0 Å². The fourth-order valence-electron chi connectivity index (χ4n) is 2.80. The number of piperazine rings is 1. The summed E-state index contributed by atoms with van der Waals surface area (Å²) in [5, 5.41) is 7.20. The first-order valence-corrected chi connectivity index (χ1v) is 7.56. The van der Waals surface area contributed by atoms with Gasteiger partial charge in [-0.2, -0.15) is 5.10 Å². The molecule has 3 heterocycles. The second kappa shape index (κ2) is 6.41. The van der Waals surface area contributed by atoms with Crippen molar-refractivity contribution < 1.29 is 4.79 Å². The summed E-state index contributed by atoms with van der Waals surface area (Å²) in [5.41, 5.74) is 1.72. The molecule has 0 bridgehead atoms. The second-order valence-electron chi connectivity index (χ2n) is 5.94. The molecule has 2 aromatic rings. The zero-order valence-corrected chi connectivity index (χ0v) is 13.1. The quantitative estimate of drug-likeness (QED) is 0.860. The van der Waals surface area contributed by atoms with Gasteiger partial charge in [-0.1, -0.05) is 0 Å². The monoisotopic (exact) mass is 302 g/mol. The number of hydrogen-bond donors (Lipinski definition) is 1. The molecule has 1 aliphatic rings. The van der Waals surface area contributed by atoms with Crippen molar-refractivity contribution in [1.82, 2.24) is 29.7 Å². The van der Waals surface area contributed by atoms with E-state index in [1.807, 2.05) is 12.3 Å². The number of amides is 1. The number of carbonyl (C=O) groups excluding carboxylic acids is 1. The molecular formula is C15H22N6O. The van der Waals surface area contributed by atoms with E-state index in [1.54, 1.807) is 16.9 Å². The number of likely N-dealkylation sites (N-methyl/N-ethyl adjacent to an activating group) is 2. The number of hydrogen-bond acceptors (Lipinski definition) is 5. The molecule has 1 atom stereocenters. The van der Waals surface area contributed by atoms with Crippen molar-refractivity contribution >= 4 is 11.6 Å². The second-order valence-corrected chi connectivity index (χ2v) is 5.94. The van der Waals surface area contributed by atoms with Gasteiger partial charge in [-0.05, 0) is 20.2 Å². The lowest BCUT2D eigenvalue weighted by atomic mass is 10.1. The topological polar surface area (TPSA) is 65.8 Å². The Labute approximate surface area is 129 Å². The molecule has 7 nitrogen and oxygen atoms in total. The molecule has 0 aliphatic carbocycles. The summed E-state index contributed by atoms with van der Waals surface area (Å²) < 4.78 is 1.71. The highest BCUT2D eigenvalue weighted by molar-refractivity contribution is 5.76. The molecular weight excluding hydrogens is 280 g/mol. The van der Waals surface area contributed by atoms with E-state index in [0.717, 1.165) is 30.8 Å². The molecule has 1 unspecified atom stereocenters. The lowest BCUT2D eigenvalue weighted by molar-refractivity contribution is -0.122. The molecule has 1 N–H and O–H groups in total. The van der Waals surface area contributed by atoms with Crippen LogP contribution < -0.4 is 5.32 Å². The molecule has 1 aliphatic heterocycles. The Morgan fingerprint density at radius 2 is 2.27 bits per heavy atom. The van der Waals surface area contributed by atoms with Gasteiger partial charge >= 0.3 is 0 Å². The van der Waals surface area contributed by atoms with Crippen LogP contribution in [0.2, 0.25) is 0 Å². The molecule has 1 saturated heterocycles. The number of rotatable bonds is 4. The molecule has 0 aromatic carbocycles. The maximum Gasteiger partial charge on any atom is 0.221 e. The summed E-state index contributed by atoms with van der Waals surface area (Å²) in [6.45, 7) is 3.46.